The molecule has 0 radical (unpaired) electrons. The first-order valence-electron chi connectivity index (χ1n) is 7.89. The second kappa shape index (κ2) is 6.07. The summed E-state index contributed by atoms with van der Waals surface area (Å²) in [6.07, 6.45) is 0.918. The number of H-pyrrole nitrogens is 1. The minimum absolute atomic E-state index is 0.0259. The van der Waals surface area contributed by atoms with Gasteiger partial charge in [-0.2, -0.15) is 5.10 Å². The Bertz CT molecular complexity index is 870. The van der Waals surface area contributed by atoms with Crippen LogP contribution in [-0.2, 0) is 0 Å². The van der Waals surface area contributed by atoms with Gasteiger partial charge in [-0.3, -0.25) is 9.89 Å². The smallest absolute Gasteiger partial charge is 0.273 e. The third-order valence-electron chi connectivity index (χ3n) is 4.26. The Balaban J connectivity index is 1.87. The summed E-state index contributed by atoms with van der Waals surface area (Å²) in [4.78, 5) is 15.9. The van der Waals surface area contributed by atoms with E-state index in [1.54, 1.807) is 11.3 Å². The lowest BCUT2D eigenvalue weighted by Gasteiger charge is -2.24. The molecule has 4 rings (SSSR count). The number of fused-ring (bicyclic) bond motifs is 1. The molecule has 24 heavy (non-hydrogen) atoms. The van der Waals surface area contributed by atoms with Gasteiger partial charge in [0.1, 0.15) is 5.69 Å². The largest absolute Gasteiger partial charge is 0.325 e. The minimum atomic E-state index is -0.0723. The van der Waals surface area contributed by atoms with Crippen LogP contribution in [0.3, 0.4) is 0 Å². The highest BCUT2D eigenvalue weighted by atomic mass is 35.5. The van der Waals surface area contributed by atoms with Gasteiger partial charge in [0.25, 0.3) is 5.91 Å². The van der Waals surface area contributed by atoms with Crippen LogP contribution in [0.15, 0.2) is 41.8 Å². The van der Waals surface area contributed by atoms with Crippen molar-refractivity contribution in [3.63, 3.8) is 0 Å². The van der Waals surface area contributed by atoms with E-state index in [0.717, 1.165) is 34.7 Å². The van der Waals surface area contributed by atoms with Crippen molar-refractivity contribution in [3.05, 3.63) is 62.9 Å². The summed E-state index contributed by atoms with van der Waals surface area (Å²) in [6, 6.07) is 11.6. The van der Waals surface area contributed by atoms with Gasteiger partial charge in [-0.05, 0) is 30.0 Å². The summed E-state index contributed by atoms with van der Waals surface area (Å²) in [7, 11) is 0. The molecule has 1 aromatic carbocycles. The van der Waals surface area contributed by atoms with Crippen LogP contribution in [0.1, 0.15) is 40.3 Å². The molecule has 122 valence electrons. The maximum Gasteiger partial charge on any atom is 0.273 e. The predicted molar refractivity (Wildman–Crippen MR) is 96.5 cm³/mol. The van der Waals surface area contributed by atoms with Crippen LogP contribution in [0.25, 0.3) is 11.3 Å². The predicted octanol–water partition coefficient (Wildman–Crippen LogP) is 4.75. The number of halogens is 1. The standard InChI is InChI=1S/C18H16ClN3OS/c1-2-9-22-17(13-4-3-10-24-13)14-15(20-21-16(14)18(22)23)11-5-7-12(19)8-6-11/h3-8,10,17H,2,9H2,1H3,(H,20,21). The number of hydrogen-bond acceptors (Lipinski definition) is 3. The lowest BCUT2D eigenvalue weighted by Crippen LogP contribution is -2.29. The number of aromatic amines is 1. The average Bonchev–Trinajstić information content (AvgIpc) is 3.29. The Kier molecular flexibility index (Phi) is 3.90. The normalized spacial score (nSPS) is 16.7. The monoisotopic (exact) mass is 357 g/mol. The SMILES string of the molecule is CCCN1C(=O)c2[nH]nc(-c3ccc(Cl)cc3)c2C1c1cccs1. The molecule has 1 aliphatic heterocycles. The van der Waals surface area contributed by atoms with Crippen LogP contribution in [0, 0.1) is 0 Å². The number of nitrogens with one attached hydrogen (secondary N) is 1. The number of benzene rings is 1. The number of nitrogens with zero attached hydrogens (tertiary/aromatic N) is 2. The van der Waals surface area contributed by atoms with Gasteiger partial charge in [-0.25, -0.2) is 0 Å². The summed E-state index contributed by atoms with van der Waals surface area (Å²) in [5.74, 6) is 0.0259. The average molecular weight is 358 g/mol. The number of thiophene rings is 1. The first-order valence-corrected chi connectivity index (χ1v) is 9.15. The molecule has 0 saturated carbocycles. The van der Waals surface area contributed by atoms with E-state index in [4.69, 9.17) is 11.6 Å². The Hall–Kier alpha value is -2.11. The van der Waals surface area contributed by atoms with Crippen molar-refractivity contribution in [2.24, 2.45) is 0 Å². The number of carbonyl (C=O) groups is 1. The van der Waals surface area contributed by atoms with Gasteiger partial charge in [-0.1, -0.05) is 36.7 Å². The fourth-order valence-corrected chi connectivity index (χ4v) is 4.21. The summed E-state index contributed by atoms with van der Waals surface area (Å²) in [5.41, 5.74) is 3.36. The zero-order valence-corrected chi connectivity index (χ0v) is 14.7. The van der Waals surface area contributed by atoms with Gasteiger partial charge in [0.2, 0.25) is 0 Å². The summed E-state index contributed by atoms with van der Waals surface area (Å²) >= 11 is 7.67. The van der Waals surface area contributed by atoms with E-state index >= 15 is 0 Å². The molecule has 3 heterocycles. The number of hydrogen-bond donors (Lipinski definition) is 1. The highest BCUT2D eigenvalue weighted by Crippen LogP contribution is 2.44. The van der Waals surface area contributed by atoms with E-state index in [2.05, 4.69) is 23.2 Å². The Morgan fingerprint density at radius 2 is 2.08 bits per heavy atom. The van der Waals surface area contributed by atoms with Gasteiger partial charge >= 0.3 is 0 Å². The molecule has 0 aliphatic carbocycles. The molecule has 0 fully saturated rings. The van der Waals surface area contributed by atoms with Crippen LogP contribution in [-0.4, -0.2) is 27.5 Å². The van der Waals surface area contributed by atoms with E-state index < -0.39 is 0 Å². The molecule has 1 N–H and O–H groups in total. The molecule has 1 amide bonds. The first kappa shape index (κ1) is 15.4. The van der Waals surface area contributed by atoms with E-state index in [0.29, 0.717) is 10.7 Å². The molecule has 0 saturated heterocycles. The Morgan fingerprint density at radius 3 is 2.75 bits per heavy atom. The van der Waals surface area contributed by atoms with Gasteiger partial charge in [-0.15, -0.1) is 11.3 Å². The fraction of sp³-hybridized carbons (Fsp3) is 0.222. The van der Waals surface area contributed by atoms with Gasteiger partial charge < -0.3 is 4.90 Å². The van der Waals surface area contributed by atoms with Crippen LogP contribution in [0.5, 0.6) is 0 Å². The number of amides is 1. The summed E-state index contributed by atoms with van der Waals surface area (Å²) in [6.45, 7) is 2.81. The minimum Gasteiger partial charge on any atom is -0.325 e. The maximum atomic E-state index is 12.8. The summed E-state index contributed by atoms with van der Waals surface area (Å²) in [5, 5.41) is 10.1. The molecule has 4 nitrogen and oxygen atoms in total. The van der Waals surface area contributed by atoms with E-state index in [-0.39, 0.29) is 11.9 Å². The maximum absolute atomic E-state index is 12.8. The van der Waals surface area contributed by atoms with E-state index in [1.165, 1.54) is 0 Å². The molecule has 2 aromatic heterocycles. The zero-order chi connectivity index (χ0) is 16.7. The topological polar surface area (TPSA) is 49.0 Å². The number of carbonyl (C=O) groups excluding carboxylic acids is 1. The lowest BCUT2D eigenvalue weighted by molar-refractivity contribution is 0.0746. The second-order valence-corrected chi connectivity index (χ2v) is 7.20. The van der Waals surface area contributed by atoms with Crippen molar-refractivity contribution in [1.82, 2.24) is 15.1 Å². The van der Waals surface area contributed by atoms with Gasteiger partial charge in [0.15, 0.2) is 0 Å². The third kappa shape index (κ3) is 2.36. The molecule has 1 unspecified atom stereocenters. The lowest BCUT2D eigenvalue weighted by atomic mass is 10.0. The van der Waals surface area contributed by atoms with Crippen molar-refractivity contribution in [3.8, 4) is 11.3 Å². The first-order chi connectivity index (χ1) is 11.7. The fourth-order valence-electron chi connectivity index (χ4n) is 3.24. The molecule has 1 atom stereocenters. The highest BCUT2D eigenvalue weighted by molar-refractivity contribution is 7.10. The number of rotatable bonds is 4. The molecule has 0 bridgehead atoms. The van der Waals surface area contributed by atoms with Crippen LogP contribution in [0.4, 0.5) is 0 Å². The molecule has 1 aliphatic rings. The van der Waals surface area contributed by atoms with Crippen LogP contribution in [0.2, 0.25) is 5.02 Å². The summed E-state index contributed by atoms with van der Waals surface area (Å²) < 4.78 is 0. The van der Waals surface area contributed by atoms with Crippen molar-refractivity contribution in [1.29, 1.82) is 0 Å². The van der Waals surface area contributed by atoms with Crippen molar-refractivity contribution in [2.45, 2.75) is 19.4 Å². The third-order valence-corrected chi connectivity index (χ3v) is 5.44. The van der Waals surface area contributed by atoms with Crippen LogP contribution < -0.4 is 0 Å². The Labute approximate surface area is 149 Å². The van der Waals surface area contributed by atoms with Gasteiger partial charge in [0, 0.05) is 27.6 Å². The number of aromatic nitrogens is 2. The highest BCUT2D eigenvalue weighted by Gasteiger charge is 2.42. The van der Waals surface area contributed by atoms with E-state index in [9.17, 15) is 4.79 Å². The molecule has 0 spiro atoms. The van der Waals surface area contributed by atoms with Gasteiger partial charge in [0.05, 0.1) is 11.7 Å². The molecule has 6 heteroatoms. The molecular formula is C18H16ClN3OS. The molecular weight excluding hydrogens is 342 g/mol. The zero-order valence-electron chi connectivity index (χ0n) is 13.1. The quantitative estimate of drug-likeness (QED) is 0.732. The van der Waals surface area contributed by atoms with E-state index in [1.807, 2.05) is 40.6 Å². The molecule has 3 aromatic rings. The Morgan fingerprint density at radius 1 is 1.29 bits per heavy atom. The van der Waals surface area contributed by atoms with Crippen molar-refractivity contribution >= 4 is 28.8 Å². The van der Waals surface area contributed by atoms with Crippen molar-refractivity contribution in [2.75, 3.05) is 6.54 Å². The van der Waals surface area contributed by atoms with Crippen molar-refractivity contribution < 1.29 is 4.79 Å². The second-order valence-electron chi connectivity index (χ2n) is 5.78. The van der Waals surface area contributed by atoms with Crippen LogP contribution >= 0.6 is 22.9 Å².